The molecule has 3 N–H and O–H groups in total. The van der Waals surface area contributed by atoms with Crippen LogP contribution in [0, 0.1) is 0 Å². The number of nitrogens with one attached hydrogen (secondary N) is 1. The number of sulfonamides is 2. The number of aromatic nitrogens is 4. The van der Waals surface area contributed by atoms with Crippen LogP contribution in [0.15, 0.2) is 62.4 Å². The first-order valence-electron chi connectivity index (χ1n) is 13.8. The van der Waals surface area contributed by atoms with Crippen molar-refractivity contribution in [3.63, 3.8) is 0 Å². The summed E-state index contributed by atoms with van der Waals surface area (Å²) < 4.78 is 66.7. The molecule has 0 aliphatic rings. The summed E-state index contributed by atoms with van der Waals surface area (Å²) in [7, 11) is -6.63. The highest BCUT2D eigenvalue weighted by Gasteiger charge is 2.36. The largest absolute Gasteiger partial charge is 0.478 e. The number of ether oxygens (including phenoxy) is 2. The van der Waals surface area contributed by atoms with Gasteiger partial charge in [-0.3, -0.25) is 4.72 Å². The Labute approximate surface area is 325 Å². The van der Waals surface area contributed by atoms with Crippen molar-refractivity contribution in [1.82, 2.24) is 19.9 Å². The number of halogens is 5. The summed E-state index contributed by atoms with van der Waals surface area (Å²) in [6.45, 7) is 0.288. The summed E-state index contributed by atoms with van der Waals surface area (Å²) in [5.74, 6) is -2.04. The third-order valence-corrected chi connectivity index (χ3v) is 13.1. The SMILES string of the molecule is COc1nc(SCCC(=O)ON(c2nc(Cl)c(SCCN)nc2OC)S(=O)(=O)c2cccc(Cl)c2Cl)cnc1NS(=O)(=O)c1cccc(Cl)c1Cl. The van der Waals surface area contributed by atoms with Crippen LogP contribution in [0.5, 0.6) is 11.8 Å². The molecule has 0 saturated heterocycles. The Balaban J connectivity index is 1.56. The fraction of sp³-hybridized carbons (Fsp3) is 0.222. The minimum atomic E-state index is -4.82. The van der Waals surface area contributed by atoms with Gasteiger partial charge in [-0.25, -0.2) is 33.1 Å². The first-order valence-corrected chi connectivity index (χ1v) is 20.6. The lowest BCUT2D eigenvalue weighted by Crippen LogP contribution is -2.35. The van der Waals surface area contributed by atoms with Gasteiger partial charge in [-0.2, -0.15) is 8.42 Å². The van der Waals surface area contributed by atoms with Gasteiger partial charge in [0.15, 0.2) is 5.15 Å². The highest BCUT2D eigenvalue weighted by molar-refractivity contribution is 7.99. The van der Waals surface area contributed by atoms with Gasteiger partial charge in [0.05, 0.1) is 46.9 Å². The Morgan fingerprint density at radius 3 is 2.12 bits per heavy atom. The molecule has 15 nitrogen and oxygen atoms in total. The van der Waals surface area contributed by atoms with Crippen LogP contribution in [0.2, 0.25) is 25.2 Å². The molecule has 2 aromatic carbocycles. The minimum Gasteiger partial charge on any atom is -0.478 e. The molecule has 0 atom stereocenters. The maximum absolute atomic E-state index is 13.9. The third-order valence-electron chi connectivity index (χ3n) is 6.00. The number of nitrogens with zero attached hydrogens (tertiary/aromatic N) is 5. The molecule has 0 unspecified atom stereocenters. The molecule has 24 heteroatoms. The molecule has 0 aliphatic heterocycles. The van der Waals surface area contributed by atoms with Crippen LogP contribution in [-0.2, 0) is 29.7 Å². The molecule has 0 bridgehead atoms. The predicted octanol–water partition coefficient (Wildman–Crippen LogP) is 6.24. The molecule has 0 fully saturated rings. The van der Waals surface area contributed by atoms with Crippen molar-refractivity contribution in [3.05, 3.63) is 67.8 Å². The van der Waals surface area contributed by atoms with Crippen molar-refractivity contribution < 1.29 is 35.9 Å². The molecule has 2 heterocycles. The molecule has 0 radical (unpaired) electrons. The van der Waals surface area contributed by atoms with Gasteiger partial charge < -0.3 is 20.0 Å². The van der Waals surface area contributed by atoms with E-state index < -0.39 is 36.7 Å². The van der Waals surface area contributed by atoms with Crippen molar-refractivity contribution in [2.24, 2.45) is 5.73 Å². The molecule has 0 amide bonds. The zero-order valence-corrected chi connectivity index (χ0v) is 33.0. The molecule has 51 heavy (non-hydrogen) atoms. The summed E-state index contributed by atoms with van der Waals surface area (Å²) in [4.78, 5) is 34.3. The molecular formula is C27H24Cl5N7O8S4. The van der Waals surface area contributed by atoms with Crippen molar-refractivity contribution in [2.45, 2.75) is 26.3 Å². The molecule has 4 rings (SSSR count). The average Bonchev–Trinajstić information content (AvgIpc) is 3.09. The highest BCUT2D eigenvalue weighted by atomic mass is 35.5. The van der Waals surface area contributed by atoms with Crippen molar-refractivity contribution in [1.29, 1.82) is 0 Å². The second kappa shape index (κ2) is 17.9. The molecule has 0 saturated carbocycles. The van der Waals surface area contributed by atoms with Gasteiger partial charge in [-0.15, -0.1) is 23.5 Å². The van der Waals surface area contributed by atoms with Crippen LogP contribution in [0.4, 0.5) is 11.6 Å². The molecule has 0 aliphatic carbocycles. The van der Waals surface area contributed by atoms with E-state index in [0.29, 0.717) is 5.75 Å². The van der Waals surface area contributed by atoms with E-state index in [2.05, 4.69) is 24.7 Å². The normalized spacial score (nSPS) is 11.6. The van der Waals surface area contributed by atoms with Gasteiger partial charge >= 0.3 is 5.97 Å². The van der Waals surface area contributed by atoms with Crippen LogP contribution in [0.1, 0.15) is 6.42 Å². The number of thioether (sulfide) groups is 2. The van der Waals surface area contributed by atoms with E-state index >= 15 is 0 Å². The number of anilines is 2. The average molecular weight is 880 g/mol. The van der Waals surface area contributed by atoms with E-state index in [9.17, 15) is 21.6 Å². The lowest BCUT2D eigenvalue weighted by molar-refractivity contribution is -0.142. The van der Waals surface area contributed by atoms with Crippen molar-refractivity contribution in [3.8, 4) is 11.8 Å². The van der Waals surface area contributed by atoms with Gasteiger partial charge in [0.25, 0.3) is 31.8 Å². The third kappa shape index (κ3) is 9.83. The fourth-order valence-electron chi connectivity index (χ4n) is 3.75. The smallest absolute Gasteiger partial charge is 0.334 e. The first-order chi connectivity index (χ1) is 24.1. The molecule has 4 aromatic rings. The maximum Gasteiger partial charge on any atom is 0.334 e. The number of nitrogens with two attached hydrogens (primary N) is 1. The van der Waals surface area contributed by atoms with Gasteiger partial charge in [-0.05, 0) is 24.3 Å². The maximum atomic E-state index is 13.9. The van der Waals surface area contributed by atoms with Gasteiger partial charge in [-0.1, -0.05) is 74.6 Å². The number of carbonyl (C=O) groups excluding carboxylic acids is 1. The lowest BCUT2D eigenvalue weighted by atomic mass is 10.4. The predicted molar refractivity (Wildman–Crippen MR) is 197 cm³/mol. The van der Waals surface area contributed by atoms with Crippen molar-refractivity contribution in [2.75, 3.05) is 41.5 Å². The number of rotatable bonds is 16. The Hall–Kier alpha value is -2.72. The number of hydrogen-bond donors (Lipinski definition) is 2. The molecule has 2 aromatic heterocycles. The second-order valence-corrected chi connectivity index (χ2v) is 16.9. The van der Waals surface area contributed by atoms with E-state index in [1.54, 1.807) is 0 Å². The van der Waals surface area contributed by atoms with E-state index in [4.69, 9.17) is 78.0 Å². The lowest BCUT2D eigenvalue weighted by Gasteiger charge is -2.23. The second-order valence-electron chi connectivity index (χ2n) is 9.36. The Bertz CT molecular complexity index is 2150. The number of benzene rings is 2. The summed E-state index contributed by atoms with van der Waals surface area (Å²) in [5, 5.41) is -0.417. The van der Waals surface area contributed by atoms with Gasteiger partial charge in [0, 0.05) is 18.1 Å². The van der Waals surface area contributed by atoms with E-state index in [0.717, 1.165) is 29.6 Å². The minimum absolute atomic E-state index is 0.0239. The monoisotopic (exact) mass is 877 g/mol. The number of methoxy groups -OCH3 is 2. The van der Waals surface area contributed by atoms with Crippen LogP contribution < -0.4 is 24.4 Å². The van der Waals surface area contributed by atoms with Crippen LogP contribution in [0.25, 0.3) is 0 Å². The Kier molecular flexibility index (Phi) is 14.4. The van der Waals surface area contributed by atoms with Gasteiger partial charge in [0.1, 0.15) is 19.8 Å². The standard InChI is InChI=1S/C27H24Cl5N7O8S4/c1-45-25-23(38-50(41,42)16-7-3-5-14(28)20(16)30)34-13-18(35-25)48-11-9-19(40)47-39(51(43,44)17-8-4-6-15(29)21(17)31)24-26(46-2)37-27(22(32)36-24)49-12-10-33/h3-8,13H,9-12,33H2,1-2H3,(H,34,38). The van der Waals surface area contributed by atoms with E-state index in [1.165, 1.54) is 50.7 Å². The summed E-state index contributed by atoms with van der Waals surface area (Å²) in [6, 6.07) is 7.94. The van der Waals surface area contributed by atoms with Crippen LogP contribution in [0.3, 0.4) is 0 Å². The highest BCUT2D eigenvalue weighted by Crippen LogP contribution is 2.38. The summed E-state index contributed by atoms with van der Waals surface area (Å²) in [5.41, 5.74) is 5.57. The molecule has 274 valence electrons. The zero-order chi connectivity index (χ0) is 37.5. The molecular weight excluding hydrogens is 856 g/mol. The van der Waals surface area contributed by atoms with Crippen LogP contribution >= 0.6 is 81.5 Å². The van der Waals surface area contributed by atoms with Gasteiger partial charge in [0.2, 0.25) is 11.6 Å². The summed E-state index contributed by atoms with van der Waals surface area (Å²) >= 11 is 32.8. The topological polar surface area (TPSA) is 206 Å². The molecule has 0 spiro atoms. The number of carbonyl (C=O) groups is 1. The van der Waals surface area contributed by atoms with Crippen LogP contribution in [-0.4, -0.2) is 75.0 Å². The Morgan fingerprint density at radius 1 is 0.863 bits per heavy atom. The zero-order valence-electron chi connectivity index (χ0n) is 26.0. The Morgan fingerprint density at radius 2 is 1.49 bits per heavy atom. The van der Waals surface area contributed by atoms with Crippen molar-refractivity contribution >= 4 is 119 Å². The first kappa shape index (κ1) is 41.0. The quantitative estimate of drug-likeness (QED) is 0.0944. The summed E-state index contributed by atoms with van der Waals surface area (Å²) in [6.07, 6.45) is 0.833. The fourth-order valence-corrected chi connectivity index (χ4v) is 9.12. The van der Waals surface area contributed by atoms with E-state index in [-0.39, 0.29) is 81.0 Å². The van der Waals surface area contributed by atoms with E-state index in [1.807, 2.05) is 0 Å². The number of hydrogen-bond acceptors (Lipinski definition) is 15.